The van der Waals surface area contributed by atoms with E-state index in [1.54, 1.807) is 7.11 Å². The van der Waals surface area contributed by atoms with Gasteiger partial charge in [-0.1, -0.05) is 0 Å². The second kappa shape index (κ2) is 7.54. The molecule has 5 nitrogen and oxygen atoms in total. The molecular formula is C10H17BrN4O. The van der Waals surface area contributed by atoms with Gasteiger partial charge in [-0.2, -0.15) is 0 Å². The zero-order valence-electron chi connectivity index (χ0n) is 9.61. The Morgan fingerprint density at radius 2 is 2.25 bits per heavy atom. The third-order valence-corrected chi connectivity index (χ3v) is 2.54. The van der Waals surface area contributed by atoms with Gasteiger partial charge in [0.1, 0.15) is 16.7 Å². The van der Waals surface area contributed by atoms with Crippen LogP contribution in [0.2, 0.25) is 0 Å². The number of nitrogens with zero attached hydrogens (tertiary/aromatic N) is 3. The van der Waals surface area contributed by atoms with Crippen LogP contribution in [-0.4, -0.2) is 55.3 Å². The number of anilines is 1. The molecular weight excluding hydrogens is 272 g/mol. The Hall–Kier alpha value is -0.720. The van der Waals surface area contributed by atoms with Gasteiger partial charge in [0.25, 0.3) is 0 Å². The molecule has 1 aromatic heterocycles. The highest BCUT2D eigenvalue weighted by Gasteiger charge is 1.98. The second-order valence-corrected chi connectivity index (χ2v) is 4.26. The number of aromatic nitrogens is 2. The molecule has 0 saturated carbocycles. The van der Waals surface area contributed by atoms with Crippen LogP contribution >= 0.6 is 15.9 Å². The van der Waals surface area contributed by atoms with E-state index in [0.29, 0.717) is 0 Å². The van der Waals surface area contributed by atoms with Crippen molar-refractivity contribution in [2.45, 2.75) is 0 Å². The molecule has 6 heteroatoms. The number of likely N-dealkylation sites (N-methyl/N-ethyl adjacent to an activating group) is 1. The first-order valence-electron chi connectivity index (χ1n) is 5.11. The summed E-state index contributed by atoms with van der Waals surface area (Å²) in [5, 5.41) is 3.23. The Morgan fingerprint density at radius 3 is 2.94 bits per heavy atom. The van der Waals surface area contributed by atoms with E-state index in [2.05, 4.69) is 43.2 Å². The normalized spacial score (nSPS) is 10.8. The standard InChI is InChI=1S/C10H17BrN4O/c1-15(5-6-16-2)4-3-12-10-7-9(11)13-8-14-10/h7-8H,3-6H2,1-2H3,(H,12,13,14). The minimum atomic E-state index is 0.759. The molecule has 0 unspecified atom stereocenters. The summed E-state index contributed by atoms with van der Waals surface area (Å²) in [6.45, 7) is 3.50. The molecule has 0 spiro atoms. The van der Waals surface area contributed by atoms with Gasteiger partial charge in [0.05, 0.1) is 6.61 Å². The molecule has 0 radical (unpaired) electrons. The van der Waals surface area contributed by atoms with Crippen molar-refractivity contribution in [2.24, 2.45) is 0 Å². The van der Waals surface area contributed by atoms with E-state index in [1.165, 1.54) is 6.33 Å². The SMILES string of the molecule is COCCN(C)CCNc1cc(Br)ncn1. The second-order valence-electron chi connectivity index (χ2n) is 3.45. The fraction of sp³-hybridized carbons (Fsp3) is 0.600. The van der Waals surface area contributed by atoms with E-state index in [4.69, 9.17) is 4.74 Å². The molecule has 1 heterocycles. The molecule has 0 aromatic carbocycles. The maximum Gasteiger partial charge on any atom is 0.130 e. The zero-order valence-corrected chi connectivity index (χ0v) is 11.2. The minimum Gasteiger partial charge on any atom is -0.383 e. The van der Waals surface area contributed by atoms with Gasteiger partial charge in [0, 0.05) is 32.8 Å². The first-order chi connectivity index (χ1) is 7.72. The Bertz CT molecular complexity index is 311. The van der Waals surface area contributed by atoms with Crippen LogP contribution in [0.1, 0.15) is 0 Å². The predicted octanol–water partition coefficient (Wildman–Crippen LogP) is 1.23. The molecule has 1 N–H and O–H groups in total. The van der Waals surface area contributed by atoms with Crippen LogP contribution in [0.3, 0.4) is 0 Å². The summed E-state index contributed by atoms with van der Waals surface area (Å²) in [6.07, 6.45) is 1.53. The lowest BCUT2D eigenvalue weighted by molar-refractivity contribution is 0.163. The number of halogens is 1. The largest absolute Gasteiger partial charge is 0.383 e. The Labute approximate surface area is 104 Å². The summed E-state index contributed by atoms with van der Waals surface area (Å²) in [5.74, 6) is 0.835. The fourth-order valence-electron chi connectivity index (χ4n) is 1.16. The smallest absolute Gasteiger partial charge is 0.130 e. The van der Waals surface area contributed by atoms with Crippen LogP contribution in [-0.2, 0) is 4.74 Å². The Morgan fingerprint density at radius 1 is 1.44 bits per heavy atom. The first-order valence-corrected chi connectivity index (χ1v) is 5.90. The number of nitrogens with one attached hydrogen (secondary N) is 1. The maximum absolute atomic E-state index is 5.00. The maximum atomic E-state index is 5.00. The summed E-state index contributed by atoms with van der Waals surface area (Å²) in [4.78, 5) is 10.3. The van der Waals surface area contributed by atoms with Gasteiger partial charge in [0.15, 0.2) is 0 Å². The van der Waals surface area contributed by atoms with Crippen LogP contribution in [0.25, 0.3) is 0 Å². The molecule has 0 aliphatic carbocycles. The molecule has 0 atom stereocenters. The summed E-state index contributed by atoms with van der Waals surface area (Å²) < 4.78 is 5.79. The monoisotopic (exact) mass is 288 g/mol. The average molecular weight is 289 g/mol. The number of methoxy groups -OCH3 is 1. The van der Waals surface area contributed by atoms with Gasteiger partial charge in [-0.25, -0.2) is 9.97 Å². The van der Waals surface area contributed by atoms with E-state index in [1.807, 2.05) is 6.07 Å². The highest BCUT2D eigenvalue weighted by Crippen LogP contribution is 2.08. The van der Waals surface area contributed by atoms with E-state index in [9.17, 15) is 0 Å². The molecule has 0 aliphatic heterocycles. The van der Waals surface area contributed by atoms with E-state index in [0.717, 1.165) is 36.7 Å². The highest BCUT2D eigenvalue weighted by molar-refractivity contribution is 9.10. The third kappa shape index (κ3) is 5.39. The Kier molecular flexibility index (Phi) is 6.29. The lowest BCUT2D eigenvalue weighted by atomic mass is 10.5. The summed E-state index contributed by atoms with van der Waals surface area (Å²) in [6, 6.07) is 1.86. The van der Waals surface area contributed by atoms with Crippen molar-refractivity contribution >= 4 is 21.7 Å². The molecule has 1 aromatic rings. The van der Waals surface area contributed by atoms with Crippen molar-refractivity contribution in [3.05, 3.63) is 17.0 Å². The number of hydrogen-bond acceptors (Lipinski definition) is 5. The van der Waals surface area contributed by atoms with Crippen molar-refractivity contribution < 1.29 is 4.74 Å². The number of rotatable bonds is 7. The van der Waals surface area contributed by atoms with Crippen LogP contribution < -0.4 is 5.32 Å². The molecule has 16 heavy (non-hydrogen) atoms. The topological polar surface area (TPSA) is 50.3 Å². The molecule has 1 rings (SSSR count). The molecule has 0 aliphatic rings. The Balaban J connectivity index is 2.20. The average Bonchev–Trinajstić information content (AvgIpc) is 2.26. The molecule has 0 amide bonds. The number of hydrogen-bond donors (Lipinski definition) is 1. The fourth-order valence-corrected chi connectivity index (χ4v) is 1.47. The predicted molar refractivity (Wildman–Crippen MR) is 67.6 cm³/mol. The van der Waals surface area contributed by atoms with E-state index < -0.39 is 0 Å². The summed E-state index contributed by atoms with van der Waals surface area (Å²) in [7, 11) is 3.78. The van der Waals surface area contributed by atoms with Crippen LogP contribution in [0, 0.1) is 0 Å². The molecule has 0 fully saturated rings. The van der Waals surface area contributed by atoms with Crippen molar-refractivity contribution in [2.75, 3.05) is 45.7 Å². The van der Waals surface area contributed by atoms with Gasteiger partial charge < -0.3 is 15.0 Å². The quantitative estimate of drug-likeness (QED) is 0.765. The lowest BCUT2D eigenvalue weighted by Crippen LogP contribution is -2.28. The van der Waals surface area contributed by atoms with Crippen LogP contribution in [0.5, 0.6) is 0 Å². The van der Waals surface area contributed by atoms with E-state index in [-0.39, 0.29) is 0 Å². The molecule has 0 bridgehead atoms. The molecule has 90 valence electrons. The minimum absolute atomic E-state index is 0.759. The lowest BCUT2D eigenvalue weighted by Gasteiger charge is -2.16. The van der Waals surface area contributed by atoms with Gasteiger partial charge in [-0.05, 0) is 23.0 Å². The highest BCUT2D eigenvalue weighted by atomic mass is 79.9. The summed E-state index contributed by atoms with van der Waals surface area (Å²) in [5.41, 5.74) is 0. The van der Waals surface area contributed by atoms with Crippen molar-refractivity contribution in [1.82, 2.24) is 14.9 Å². The van der Waals surface area contributed by atoms with Crippen LogP contribution in [0.15, 0.2) is 17.0 Å². The van der Waals surface area contributed by atoms with Crippen molar-refractivity contribution in [3.63, 3.8) is 0 Å². The first kappa shape index (κ1) is 13.3. The van der Waals surface area contributed by atoms with Crippen molar-refractivity contribution in [3.8, 4) is 0 Å². The van der Waals surface area contributed by atoms with Crippen LogP contribution in [0.4, 0.5) is 5.82 Å². The third-order valence-electron chi connectivity index (χ3n) is 2.11. The van der Waals surface area contributed by atoms with Gasteiger partial charge in [-0.15, -0.1) is 0 Å². The van der Waals surface area contributed by atoms with Crippen molar-refractivity contribution in [1.29, 1.82) is 0 Å². The number of ether oxygens (including phenoxy) is 1. The molecule has 0 saturated heterocycles. The van der Waals surface area contributed by atoms with Gasteiger partial charge >= 0.3 is 0 Å². The van der Waals surface area contributed by atoms with E-state index >= 15 is 0 Å². The zero-order chi connectivity index (χ0) is 11.8. The van der Waals surface area contributed by atoms with Gasteiger partial charge in [-0.3, -0.25) is 0 Å². The summed E-state index contributed by atoms with van der Waals surface area (Å²) >= 11 is 3.30. The van der Waals surface area contributed by atoms with Gasteiger partial charge in [0.2, 0.25) is 0 Å².